The predicted octanol–water partition coefficient (Wildman–Crippen LogP) is 1.57. The normalized spacial score (nSPS) is 16.6. The van der Waals surface area contributed by atoms with Crippen LogP contribution in [0, 0.1) is 12.8 Å². The fourth-order valence-electron chi connectivity index (χ4n) is 2.77. The molecule has 0 radical (unpaired) electrons. The SMILES string of the molecule is Cc1ccncc1NC(=O)C(=O)NC[C@@H](C)CN1CCCCC1. The minimum atomic E-state index is -0.647. The summed E-state index contributed by atoms with van der Waals surface area (Å²) in [5.41, 5.74) is 1.44. The summed E-state index contributed by atoms with van der Waals surface area (Å²) in [5, 5.41) is 5.30. The number of carbonyl (C=O) groups excluding carboxylic acids is 2. The molecule has 0 unspecified atom stereocenters. The maximum Gasteiger partial charge on any atom is 0.313 e. The number of rotatable bonds is 5. The second kappa shape index (κ2) is 8.62. The fourth-order valence-corrected chi connectivity index (χ4v) is 2.77. The summed E-state index contributed by atoms with van der Waals surface area (Å²) in [6.07, 6.45) is 7.01. The van der Waals surface area contributed by atoms with Gasteiger partial charge < -0.3 is 15.5 Å². The van der Waals surface area contributed by atoms with E-state index in [4.69, 9.17) is 0 Å². The molecule has 2 N–H and O–H groups in total. The van der Waals surface area contributed by atoms with Gasteiger partial charge in [0.2, 0.25) is 0 Å². The lowest BCUT2D eigenvalue weighted by molar-refractivity contribution is -0.136. The molecule has 6 nitrogen and oxygen atoms in total. The standard InChI is InChI=1S/C17H26N4O2/c1-13(12-21-8-4-3-5-9-21)10-19-16(22)17(23)20-15-11-18-7-6-14(15)2/h6-7,11,13H,3-5,8-10,12H2,1-2H3,(H,19,22)(H,20,23)/t13-/m1/s1. The van der Waals surface area contributed by atoms with Crippen LogP contribution in [-0.4, -0.2) is 47.9 Å². The maximum absolute atomic E-state index is 11.9. The van der Waals surface area contributed by atoms with Crippen LogP contribution in [0.4, 0.5) is 5.69 Å². The van der Waals surface area contributed by atoms with Crippen molar-refractivity contribution in [3.05, 3.63) is 24.0 Å². The first-order chi connectivity index (χ1) is 11.1. The molecular weight excluding hydrogens is 292 g/mol. The topological polar surface area (TPSA) is 74.3 Å². The van der Waals surface area contributed by atoms with E-state index < -0.39 is 11.8 Å². The van der Waals surface area contributed by atoms with Crippen molar-refractivity contribution in [3.63, 3.8) is 0 Å². The number of piperidine rings is 1. The number of pyridine rings is 1. The molecule has 1 atom stereocenters. The highest BCUT2D eigenvalue weighted by Gasteiger charge is 2.17. The van der Waals surface area contributed by atoms with E-state index in [0.29, 0.717) is 18.2 Å². The Morgan fingerprint density at radius 3 is 2.70 bits per heavy atom. The van der Waals surface area contributed by atoms with Crippen molar-refractivity contribution >= 4 is 17.5 Å². The van der Waals surface area contributed by atoms with Crippen molar-refractivity contribution in [2.45, 2.75) is 33.1 Å². The first-order valence-corrected chi connectivity index (χ1v) is 8.28. The number of amides is 2. The van der Waals surface area contributed by atoms with Gasteiger partial charge in [0, 0.05) is 19.3 Å². The van der Waals surface area contributed by atoms with Crippen molar-refractivity contribution in [2.75, 3.05) is 31.5 Å². The summed E-state index contributed by atoms with van der Waals surface area (Å²) in [6.45, 7) is 7.70. The summed E-state index contributed by atoms with van der Waals surface area (Å²) in [5.74, 6) is -0.921. The first kappa shape index (κ1) is 17.4. The van der Waals surface area contributed by atoms with Crippen LogP contribution in [0.1, 0.15) is 31.7 Å². The Hall–Kier alpha value is -1.95. The van der Waals surface area contributed by atoms with Crippen molar-refractivity contribution < 1.29 is 9.59 Å². The average Bonchev–Trinajstić information content (AvgIpc) is 2.55. The Labute approximate surface area is 137 Å². The van der Waals surface area contributed by atoms with Crippen LogP contribution in [0.25, 0.3) is 0 Å². The number of hydrogen-bond donors (Lipinski definition) is 2. The zero-order valence-electron chi connectivity index (χ0n) is 14.0. The smallest absolute Gasteiger partial charge is 0.313 e. The minimum absolute atomic E-state index is 0.324. The van der Waals surface area contributed by atoms with Gasteiger partial charge in [0.1, 0.15) is 0 Å². The maximum atomic E-state index is 11.9. The lowest BCUT2D eigenvalue weighted by Gasteiger charge is -2.29. The molecule has 0 spiro atoms. The lowest BCUT2D eigenvalue weighted by Crippen LogP contribution is -2.41. The third-order valence-corrected chi connectivity index (χ3v) is 4.12. The van der Waals surface area contributed by atoms with Gasteiger partial charge in [0.25, 0.3) is 0 Å². The van der Waals surface area contributed by atoms with Gasteiger partial charge in [0.05, 0.1) is 11.9 Å². The van der Waals surface area contributed by atoms with Gasteiger partial charge in [0.15, 0.2) is 0 Å². The Morgan fingerprint density at radius 2 is 2.00 bits per heavy atom. The van der Waals surface area contributed by atoms with Crippen LogP contribution in [0.3, 0.4) is 0 Å². The van der Waals surface area contributed by atoms with Crippen LogP contribution in [0.5, 0.6) is 0 Å². The van der Waals surface area contributed by atoms with Crippen LogP contribution < -0.4 is 10.6 Å². The van der Waals surface area contributed by atoms with Gasteiger partial charge in [-0.25, -0.2) is 0 Å². The Kier molecular flexibility index (Phi) is 6.52. The second-order valence-electron chi connectivity index (χ2n) is 6.32. The summed E-state index contributed by atoms with van der Waals surface area (Å²) in [7, 11) is 0. The van der Waals surface area contributed by atoms with Gasteiger partial charge in [-0.1, -0.05) is 13.3 Å². The summed E-state index contributed by atoms with van der Waals surface area (Å²) in [4.78, 5) is 30.2. The Bertz CT molecular complexity index is 541. The highest BCUT2D eigenvalue weighted by Crippen LogP contribution is 2.11. The van der Waals surface area contributed by atoms with Gasteiger partial charge in [-0.2, -0.15) is 0 Å². The molecule has 126 valence electrons. The van der Waals surface area contributed by atoms with Crippen LogP contribution >= 0.6 is 0 Å². The zero-order chi connectivity index (χ0) is 16.7. The lowest BCUT2D eigenvalue weighted by atomic mass is 10.1. The fraction of sp³-hybridized carbons (Fsp3) is 0.588. The Morgan fingerprint density at radius 1 is 1.26 bits per heavy atom. The molecule has 2 amide bonds. The molecule has 1 fully saturated rings. The van der Waals surface area contributed by atoms with Gasteiger partial charge in [-0.05, 0) is 50.4 Å². The molecule has 1 aliphatic heterocycles. The molecule has 1 aromatic heterocycles. The molecule has 1 aliphatic rings. The molecular formula is C17H26N4O2. The molecule has 6 heteroatoms. The van der Waals surface area contributed by atoms with Gasteiger partial charge in [-0.15, -0.1) is 0 Å². The van der Waals surface area contributed by atoms with Crippen LogP contribution in [0.2, 0.25) is 0 Å². The molecule has 0 aliphatic carbocycles. The van der Waals surface area contributed by atoms with E-state index in [2.05, 4.69) is 27.4 Å². The van der Waals surface area contributed by atoms with E-state index in [9.17, 15) is 9.59 Å². The first-order valence-electron chi connectivity index (χ1n) is 8.28. The number of nitrogens with zero attached hydrogens (tertiary/aromatic N) is 2. The summed E-state index contributed by atoms with van der Waals surface area (Å²) in [6, 6.07) is 1.79. The van der Waals surface area contributed by atoms with E-state index in [1.165, 1.54) is 19.3 Å². The highest BCUT2D eigenvalue weighted by molar-refractivity contribution is 6.39. The molecule has 23 heavy (non-hydrogen) atoms. The molecule has 0 aromatic carbocycles. The van der Waals surface area contributed by atoms with E-state index in [1.807, 2.05) is 6.92 Å². The Balaban J connectivity index is 1.73. The van der Waals surface area contributed by atoms with E-state index in [1.54, 1.807) is 18.5 Å². The van der Waals surface area contributed by atoms with Crippen molar-refractivity contribution in [3.8, 4) is 0 Å². The van der Waals surface area contributed by atoms with Crippen molar-refractivity contribution in [2.24, 2.45) is 5.92 Å². The van der Waals surface area contributed by atoms with Gasteiger partial charge >= 0.3 is 11.8 Å². The number of aryl methyl sites for hydroxylation is 1. The number of carbonyl (C=O) groups is 2. The van der Waals surface area contributed by atoms with Crippen LogP contribution in [0.15, 0.2) is 18.5 Å². The van der Waals surface area contributed by atoms with Crippen molar-refractivity contribution in [1.29, 1.82) is 0 Å². The average molecular weight is 318 g/mol. The zero-order valence-corrected chi connectivity index (χ0v) is 14.0. The third kappa shape index (κ3) is 5.63. The predicted molar refractivity (Wildman–Crippen MR) is 90.1 cm³/mol. The second-order valence-corrected chi connectivity index (χ2v) is 6.32. The number of hydrogen-bond acceptors (Lipinski definition) is 4. The third-order valence-electron chi connectivity index (χ3n) is 4.12. The molecule has 2 heterocycles. The summed E-state index contributed by atoms with van der Waals surface area (Å²) >= 11 is 0. The number of aromatic nitrogens is 1. The monoisotopic (exact) mass is 318 g/mol. The van der Waals surface area contributed by atoms with Crippen molar-refractivity contribution in [1.82, 2.24) is 15.2 Å². The van der Waals surface area contributed by atoms with Crippen LogP contribution in [-0.2, 0) is 9.59 Å². The molecule has 2 rings (SSSR count). The quantitative estimate of drug-likeness (QED) is 0.808. The molecule has 0 bridgehead atoms. The van der Waals surface area contributed by atoms with Gasteiger partial charge in [-0.3, -0.25) is 14.6 Å². The minimum Gasteiger partial charge on any atom is -0.348 e. The number of anilines is 1. The number of nitrogens with one attached hydrogen (secondary N) is 2. The van der Waals surface area contributed by atoms with E-state index in [0.717, 1.165) is 25.2 Å². The molecule has 0 saturated carbocycles. The highest BCUT2D eigenvalue weighted by atomic mass is 16.2. The molecule has 1 aromatic rings. The molecule has 1 saturated heterocycles. The van der Waals surface area contributed by atoms with E-state index in [-0.39, 0.29) is 0 Å². The summed E-state index contributed by atoms with van der Waals surface area (Å²) < 4.78 is 0. The largest absolute Gasteiger partial charge is 0.348 e. The number of likely N-dealkylation sites (tertiary alicyclic amines) is 1. The van der Waals surface area contributed by atoms with E-state index >= 15 is 0 Å².